The van der Waals surface area contributed by atoms with E-state index in [4.69, 9.17) is 14.2 Å². The summed E-state index contributed by atoms with van der Waals surface area (Å²) in [5, 5.41) is 7.67. The first-order valence-corrected chi connectivity index (χ1v) is 9.72. The van der Waals surface area contributed by atoms with Gasteiger partial charge >= 0.3 is 0 Å². The van der Waals surface area contributed by atoms with E-state index in [2.05, 4.69) is 26.4 Å². The van der Waals surface area contributed by atoms with Crippen LogP contribution in [0.2, 0.25) is 0 Å². The van der Waals surface area contributed by atoms with Gasteiger partial charge in [-0.05, 0) is 37.1 Å². The number of hydrogen-bond acceptors (Lipinski definition) is 7. The summed E-state index contributed by atoms with van der Waals surface area (Å²) in [7, 11) is 0. The molecule has 2 aliphatic rings. The van der Waals surface area contributed by atoms with Crippen LogP contribution in [-0.4, -0.2) is 39.7 Å². The minimum absolute atomic E-state index is 0.605. The highest BCUT2D eigenvalue weighted by Gasteiger charge is 2.22. The Morgan fingerprint density at radius 3 is 3.11 bits per heavy atom. The molecule has 1 N–H and O–H groups in total. The van der Waals surface area contributed by atoms with Crippen LogP contribution in [-0.2, 0) is 26.1 Å². The topological polar surface area (TPSA) is 76.3 Å². The Kier molecular flexibility index (Phi) is 4.54. The van der Waals surface area contributed by atoms with E-state index in [1.54, 1.807) is 0 Å². The summed E-state index contributed by atoms with van der Waals surface area (Å²) in [5.41, 5.74) is 5.67. The molecule has 4 heterocycles. The van der Waals surface area contributed by atoms with Gasteiger partial charge in [-0.25, -0.2) is 0 Å². The Bertz CT molecular complexity index is 1000. The number of pyridine rings is 1. The molecule has 0 unspecified atom stereocenters. The summed E-state index contributed by atoms with van der Waals surface area (Å²) in [5.74, 6) is 2.23. The molecule has 0 radical (unpaired) electrons. The highest BCUT2D eigenvalue weighted by molar-refractivity contribution is 5.64. The van der Waals surface area contributed by atoms with Crippen LogP contribution in [0.3, 0.4) is 0 Å². The SMILES string of the molecule is Cc1ncc2c(c1-c1noc(CN3CCOc4ccccc4C3)n1)CCNC2. The fraction of sp³-hybridized carbons (Fsp3) is 0.381. The average Bonchev–Trinajstić information content (AvgIpc) is 3.06. The third kappa shape index (κ3) is 3.27. The second kappa shape index (κ2) is 7.33. The first-order chi connectivity index (χ1) is 13.8. The van der Waals surface area contributed by atoms with Crippen molar-refractivity contribution in [3.05, 3.63) is 58.7 Å². The second-order valence-corrected chi connectivity index (χ2v) is 7.33. The number of fused-ring (bicyclic) bond motifs is 2. The van der Waals surface area contributed by atoms with Crippen LogP contribution in [0.15, 0.2) is 35.0 Å². The van der Waals surface area contributed by atoms with Crippen molar-refractivity contribution in [3.8, 4) is 17.1 Å². The average molecular weight is 377 g/mol. The predicted octanol–water partition coefficient (Wildman–Crippen LogP) is 2.48. The van der Waals surface area contributed by atoms with Crippen molar-refractivity contribution in [3.63, 3.8) is 0 Å². The van der Waals surface area contributed by atoms with Gasteiger partial charge in [-0.1, -0.05) is 23.4 Å². The molecule has 144 valence electrons. The van der Waals surface area contributed by atoms with Crippen LogP contribution >= 0.6 is 0 Å². The summed E-state index contributed by atoms with van der Waals surface area (Å²) in [6.07, 6.45) is 2.91. The molecule has 0 aliphatic carbocycles. The third-order valence-corrected chi connectivity index (χ3v) is 5.41. The lowest BCUT2D eigenvalue weighted by molar-refractivity contribution is 0.196. The second-order valence-electron chi connectivity index (χ2n) is 7.33. The normalized spacial score (nSPS) is 16.8. The van der Waals surface area contributed by atoms with Gasteiger partial charge in [-0.15, -0.1) is 0 Å². The predicted molar refractivity (Wildman–Crippen MR) is 104 cm³/mol. The highest BCUT2D eigenvalue weighted by Crippen LogP contribution is 2.29. The number of rotatable bonds is 3. The zero-order valence-electron chi connectivity index (χ0n) is 15.9. The van der Waals surface area contributed by atoms with Crippen molar-refractivity contribution in [2.75, 3.05) is 19.7 Å². The molecule has 0 amide bonds. The molecule has 28 heavy (non-hydrogen) atoms. The van der Waals surface area contributed by atoms with Gasteiger partial charge in [0.15, 0.2) is 0 Å². The van der Waals surface area contributed by atoms with Gasteiger partial charge in [0.1, 0.15) is 12.4 Å². The van der Waals surface area contributed by atoms with E-state index in [9.17, 15) is 0 Å². The zero-order chi connectivity index (χ0) is 18.9. The summed E-state index contributed by atoms with van der Waals surface area (Å²) in [6, 6.07) is 8.17. The van der Waals surface area contributed by atoms with Crippen LogP contribution in [0.25, 0.3) is 11.4 Å². The maximum absolute atomic E-state index is 5.85. The number of para-hydroxylation sites is 1. The van der Waals surface area contributed by atoms with Crippen molar-refractivity contribution in [2.24, 2.45) is 0 Å². The van der Waals surface area contributed by atoms with Crippen molar-refractivity contribution < 1.29 is 9.26 Å². The fourth-order valence-electron chi connectivity index (χ4n) is 3.99. The van der Waals surface area contributed by atoms with Crippen LogP contribution in [0, 0.1) is 6.92 Å². The number of aromatic nitrogens is 3. The number of ether oxygens (including phenoxy) is 1. The van der Waals surface area contributed by atoms with E-state index in [0.29, 0.717) is 24.9 Å². The third-order valence-electron chi connectivity index (χ3n) is 5.41. The lowest BCUT2D eigenvalue weighted by atomic mass is 9.95. The number of hydrogen-bond donors (Lipinski definition) is 1. The van der Waals surface area contributed by atoms with Gasteiger partial charge in [-0.3, -0.25) is 9.88 Å². The zero-order valence-corrected chi connectivity index (χ0v) is 15.9. The van der Waals surface area contributed by atoms with E-state index in [-0.39, 0.29) is 0 Å². The van der Waals surface area contributed by atoms with E-state index in [0.717, 1.165) is 49.6 Å². The van der Waals surface area contributed by atoms with Crippen LogP contribution in [0.4, 0.5) is 0 Å². The molecule has 0 bridgehead atoms. The molecule has 0 fully saturated rings. The molecule has 1 aromatic carbocycles. The van der Waals surface area contributed by atoms with Crippen molar-refractivity contribution >= 4 is 0 Å². The fourth-order valence-corrected chi connectivity index (χ4v) is 3.99. The van der Waals surface area contributed by atoms with Crippen LogP contribution in [0.5, 0.6) is 5.75 Å². The quantitative estimate of drug-likeness (QED) is 0.751. The van der Waals surface area contributed by atoms with Gasteiger partial charge in [0.25, 0.3) is 0 Å². The molecular formula is C21H23N5O2. The molecule has 0 spiro atoms. The summed E-state index contributed by atoms with van der Waals surface area (Å²) < 4.78 is 11.5. The number of benzene rings is 1. The minimum atomic E-state index is 0.605. The highest BCUT2D eigenvalue weighted by atomic mass is 16.5. The Balaban J connectivity index is 1.39. The van der Waals surface area contributed by atoms with E-state index < -0.39 is 0 Å². The Labute approximate surface area is 163 Å². The Morgan fingerprint density at radius 1 is 1.21 bits per heavy atom. The molecule has 0 saturated heterocycles. The molecule has 0 atom stereocenters. The first kappa shape index (κ1) is 17.3. The van der Waals surface area contributed by atoms with Gasteiger partial charge in [-0.2, -0.15) is 4.98 Å². The lowest BCUT2D eigenvalue weighted by Crippen LogP contribution is -2.25. The van der Waals surface area contributed by atoms with E-state index in [1.165, 1.54) is 16.7 Å². The molecule has 5 rings (SSSR count). The number of aryl methyl sites for hydroxylation is 1. The van der Waals surface area contributed by atoms with E-state index in [1.807, 2.05) is 31.3 Å². The van der Waals surface area contributed by atoms with Crippen molar-refractivity contribution in [1.82, 2.24) is 25.3 Å². The molecule has 2 aromatic heterocycles. The van der Waals surface area contributed by atoms with Gasteiger partial charge in [0, 0.05) is 42.7 Å². The molecule has 2 aliphatic heterocycles. The lowest BCUT2D eigenvalue weighted by Gasteiger charge is -2.19. The minimum Gasteiger partial charge on any atom is -0.492 e. The molecule has 7 nitrogen and oxygen atoms in total. The molecule has 3 aromatic rings. The molecule has 0 saturated carbocycles. The van der Waals surface area contributed by atoms with Gasteiger partial charge in [0.2, 0.25) is 11.7 Å². The monoisotopic (exact) mass is 377 g/mol. The van der Waals surface area contributed by atoms with Crippen LogP contribution < -0.4 is 10.1 Å². The van der Waals surface area contributed by atoms with E-state index >= 15 is 0 Å². The smallest absolute Gasteiger partial charge is 0.241 e. The number of nitrogens with zero attached hydrogens (tertiary/aromatic N) is 4. The summed E-state index contributed by atoms with van der Waals surface area (Å²) in [4.78, 5) is 11.5. The maximum Gasteiger partial charge on any atom is 0.241 e. The Morgan fingerprint density at radius 2 is 2.14 bits per heavy atom. The summed E-state index contributed by atoms with van der Waals surface area (Å²) in [6.45, 7) is 6.69. The molecule has 7 heteroatoms. The maximum atomic E-state index is 5.85. The largest absolute Gasteiger partial charge is 0.492 e. The Hall–Kier alpha value is -2.77. The van der Waals surface area contributed by atoms with Crippen LogP contribution in [0.1, 0.15) is 28.3 Å². The summed E-state index contributed by atoms with van der Waals surface area (Å²) >= 11 is 0. The standard InChI is InChI=1S/C21H23N5O2/c1-14-20(17-6-7-22-10-16(17)11-23-14)21-24-19(28-25-21)13-26-8-9-27-18-5-3-2-4-15(18)12-26/h2-5,11,22H,6-10,12-13H2,1H3. The molecular weight excluding hydrogens is 354 g/mol. The van der Waals surface area contributed by atoms with Crippen molar-refractivity contribution in [1.29, 1.82) is 0 Å². The van der Waals surface area contributed by atoms with Gasteiger partial charge in [0.05, 0.1) is 6.54 Å². The number of nitrogens with one attached hydrogen (secondary N) is 1. The van der Waals surface area contributed by atoms with Crippen molar-refractivity contribution in [2.45, 2.75) is 33.0 Å². The van der Waals surface area contributed by atoms with Gasteiger partial charge < -0.3 is 14.6 Å². The first-order valence-electron chi connectivity index (χ1n) is 9.72.